The highest BCUT2D eigenvalue weighted by Crippen LogP contribution is 2.26. The van der Waals surface area contributed by atoms with Crippen molar-refractivity contribution in [2.75, 3.05) is 11.6 Å². The van der Waals surface area contributed by atoms with Crippen molar-refractivity contribution in [2.24, 2.45) is 0 Å². The second-order valence-corrected chi connectivity index (χ2v) is 8.15. The minimum atomic E-state index is -0.875. The number of para-hydroxylation sites is 1. The molecule has 2 aromatic rings. The Morgan fingerprint density at radius 1 is 1.13 bits per heavy atom. The van der Waals surface area contributed by atoms with Crippen LogP contribution in [0.1, 0.15) is 62.0 Å². The molecule has 0 saturated carbocycles. The van der Waals surface area contributed by atoms with Gasteiger partial charge in [-0.1, -0.05) is 43.8 Å². The molecule has 0 radical (unpaired) electrons. The van der Waals surface area contributed by atoms with E-state index in [4.69, 9.17) is 4.74 Å². The molecule has 0 saturated heterocycles. The summed E-state index contributed by atoms with van der Waals surface area (Å²) in [4.78, 5) is 33.7. The molecule has 0 bridgehead atoms. The van der Waals surface area contributed by atoms with Crippen LogP contribution in [0.4, 0.5) is 5.69 Å². The van der Waals surface area contributed by atoms with Crippen LogP contribution >= 0.6 is 11.8 Å². The van der Waals surface area contributed by atoms with Crippen molar-refractivity contribution in [1.82, 2.24) is 9.97 Å². The van der Waals surface area contributed by atoms with Crippen LogP contribution in [0, 0.1) is 13.8 Å². The molecule has 0 fully saturated rings. The fraction of sp³-hybridized carbons (Fsp3) is 0.478. The third-order valence-electron chi connectivity index (χ3n) is 5.20. The molecule has 1 heterocycles. The number of nitrogens with one attached hydrogen (secondary N) is 1. The molecule has 1 aromatic carbocycles. The molecule has 162 valence electrons. The van der Waals surface area contributed by atoms with Crippen molar-refractivity contribution in [3.8, 4) is 0 Å². The molecule has 7 heteroatoms. The van der Waals surface area contributed by atoms with Gasteiger partial charge in [0, 0.05) is 23.5 Å². The minimum absolute atomic E-state index is 0.171. The number of anilines is 1. The third-order valence-corrected chi connectivity index (χ3v) is 5.75. The molecule has 0 spiro atoms. The second kappa shape index (κ2) is 11.1. The van der Waals surface area contributed by atoms with Crippen LogP contribution in [0.25, 0.3) is 0 Å². The number of hydrogen-bond donors (Lipinski definition) is 1. The lowest BCUT2D eigenvalue weighted by atomic mass is 9.97. The molecule has 1 amide bonds. The molecular formula is C23H31N3O3S. The summed E-state index contributed by atoms with van der Waals surface area (Å²) < 4.78 is 5.36. The standard InChI is InChI=1S/C23H31N3O3S/c1-7-14(2)18-10-8-9-11-20(18)26-22(28)17(5)29-21(27)13-12-19-15(3)24-23(30-6)25-16(19)4/h8-11,14,17H,7,12-13H2,1-6H3,(H,26,28)/t14-,17-/m1/s1. The monoisotopic (exact) mass is 429 g/mol. The number of amides is 1. The zero-order valence-electron chi connectivity index (χ0n) is 18.6. The maximum absolute atomic E-state index is 12.6. The van der Waals surface area contributed by atoms with Crippen molar-refractivity contribution in [3.63, 3.8) is 0 Å². The number of nitrogens with zero attached hydrogens (tertiary/aromatic N) is 2. The van der Waals surface area contributed by atoms with Crippen molar-refractivity contribution in [1.29, 1.82) is 0 Å². The third kappa shape index (κ3) is 6.29. The Morgan fingerprint density at radius 2 is 1.77 bits per heavy atom. The van der Waals surface area contributed by atoms with Crippen LogP contribution in [-0.2, 0) is 20.7 Å². The number of aryl methyl sites for hydroxylation is 2. The quantitative estimate of drug-likeness (QED) is 0.349. The smallest absolute Gasteiger partial charge is 0.306 e. The van der Waals surface area contributed by atoms with Gasteiger partial charge >= 0.3 is 5.97 Å². The van der Waals surface area contributed by atoms with E-state index >= 15 is 0 Å². The Kier molecular flexibility index (Phi) is 8.84. The molecule has 0 aliphatic carbocycles. The van der Waals surface area contributed by atoms with Gasteiger partial charge < -0.3 is 10.1 Å². The lowest BCUT2D eigenvalue weighted by Gasteiger charge is -2.18. The summed E-state index contributed by atoms with van der Waals surface area (Å²) in [5, 5.41) is 3.62. The number of rotatable bonds is 9. The Morgan fingerprint density at radius 3 is 2.37 bits per heavy atom. The summed E-state index contributed by atoms with van der Waals surface area (Å²) in [7, 11) is 0. The van der Waals surface area contributed by atoms with Crippen molar-refractivity contribution < 1.29 is 14.3 Å². The first-order valence-corrected chi connectivity index (χ1v) is 11.5. The highest BCUT2D eigenvalue weighted by atomic mass is 32.2. The van der Waals surface area contributed by atoms with Crippen LogP contribution in [-0.4, -0.2) is 34.2 Å². The number of carbonyl (C=O) groups excluding carboxylic acids is 2. The molecule has 0 aliphatic heterocycles. The average molecular weight is 430 g/mol. The first-order valence-electron chi connectivity index (χ1n) is 10.2. The van der Waals surface area contributed by atoms with E-state index in [0.717, 1.165) is 39.8 Å². The van der Waals surface area contributed by atoms with Gasteiger partial charge in [0.1, 0.15) is 0 Å². The summed E-state index contributed by atoms with van der Waals surface area (Å²) in [6.07, 6.45) is 2.68. The van der Waals surface area contributed by atoms with Crippen LogP contribution in [0.15, 0.2) is 29.4 Å². The average Bonchev–Trinajstić information content (AvgIpc) is 2.72. The highest BCUT2D eigenvalue weighted by Gasteiger charge is 2.20. The lowest BCUT2D eigenvalue weighted by molar-refractivity contribution is -0.153. The molecule has 0 unspecified atom stereocenters. The molecule has 0 aliphatic rings. The predicted molar refractivity (Wildman–Crippen MR) is 121 cm³/mol. The zero-order valence-corrected chi connectivity index (χ0v) is 19.4. The zero-order chi connectivity index (χ0) is 22.3. The lowest BCUT2D eigenvalue weighted by Crippen LogP contribution is -2.30. The summed E-state index contributed by atoms with van der Waals surface area (Å²) in [5.41, 5.74) is 4.52. The molecular weight excluding hydrogens is 398 g/mol. The normalized spacial score (nSPS) is 12.9. The predicted octanol–water partition coefficient (Wildman–Crippen LogP) is 4.83. The van der Waals surface area contributed by atoms with Gasteiger partial charge in [0.05, 0.1) is 0 Å². The topological polar surface area (TPSA) is 81.2 Å². The summed E-state index contributed by atoms with van der Waals surface area (Å²) in [6.45, 7) is 9.65. The van der Waals surface area contributed by atoms with Gasteiger partial charge in [0.2, 0.25) is 0 Å². The maximum atomic E-state index is 12.6. The van der Waals surface area contributed by atoms with Gasteiger partial charge in [-0.15, -0.1) is 0 Å². The van der Waals surface area contributed by atoms with Crippen LogP contribution < -0.4 is 5.32 Å². The van der Waals surface area contributed by atoms with E-state index in [1.165, 1.54) is 11.8 Å². The van der Waals surface area contributed by atoms with Crippen molar-refractivity contribution >= 4 is 29.3 Å². The van der Waals surface area contributed by atoms with Crippen molar-refractivity contribution in [3.05, 3.63) is 46.8 Å². The van der Waals surface area contributed by atoms with Crippen molar-refractivity contribution in [2.45, 2.75) is 71.1 Å². The fourth-order valence-corrected chi connectivity index (χ4v) is 3.65. The van der Waals surface area contributed by atoms with E-state index in [1.807, 2.05) is 44.4 Å². The van der Waals surface area contributed by atoms with Gasteiger partial charge in [-0.25, -0.2) is 9.97 Å². The van der Waals surface area contributed by atoms with Crippen LogP contribution in [0.5, 0.6) is 0 Å². The number of aromatic nitrogens is 2. The van der Waals surface area contributed by atoms with Crippen LogP contribution in [0.2, 0.25) is 0 Å². The first kappa shape index (κ1) is 23.9. The molecule has 2 atom stereocenters. The number of hydrogen-bond acceptors (Lipinski definition) is 6. The van der Waals surface area contributed by atoms with Crippen LogP contribution in [0.3, 0.4) is 0 Å². The molecule has 2 rings (SSSR count). The molecule has 1 N–H and O–H groups in total. The Bertz CT molecular complexity index is 878. The van der Waals surface area contributed by atoms with Gasteiger partial charge in [-0.2, -0.15) is 0 Å². The van der Waals surface area contributed by atoms with E-state index in [9.17, 15) is 9.59 Å². The SMILES string of the molecule is CC[C@@H](C)c1ccccc1NC(=O)[C@@H](C)OC(=O)CCc1c(C)nc(SC)nc1C. The number of thioether (sulfide) groups is 1. The Labute approximate surface area is 183 Å². The van der Waals surface area contributed by atoms with Gasteiger partial charge in [-0.05, 0) is 63.0 Å². The summed E-state index contributed by atoms with van der Waals surface area (Å²) >= 11 is 1.49. The second-order valence-electron chi connectivity index (χ2n) is 7.38. The highest BCUT2D eigenvalue weighted by molar-refractivity contribution is 7.98. The van der Waals surface area contributed by atoms with Gasteiger partial charge in [-0.3, -0.25) is 9.59 Å². The Balaban J connectivity index is 1.94. The van der Waals surface area contributed by atoms with Gasteiger partial charge in [0.15, 0.2) is 11.3 Å². The number of esters is 1. The van der Waals surface area contributed by atoms with E-state index < -0.39 is 12.1 Å². The first-order chi connectivity index (χ1) is 14.3. The number of ether oxygens (including phenoxy) is 1. The molecule has 6 nitrogen and oxygen atoms in total. The number of carbonyl (C=O) groups is 2. The van der Waals surface area contributed by atoms with E-state index in [2.05, 4.69) is 29.1 Å². The Hall–Kier alpha value is -2.41. The van der Waals surface area contributed by atoms with Gasteiger partial charge in [0.25, 0.3) is 5.91 Å². The minimum Gasteiger partial charge on any atom is -0.453 e. The fourth-order valence-electron chi connectivity index (χ4n) is 3.19. The summed E-state index contributed by atoms with van der Waals surface area (Å²) in [6, 6.07) is 7.72. The largest absolute Gasteiger partial charge is 0.453 e. The van der Waals surface area contributed by atoms with E-state index in [0.29, 0.717) is 12.3 Å². The van der Waals surface area contributed by atoms with E-state index in [1.54, 1.807) is 6.92 Å². The molecule has 30 heavy (non-hydrogen) atoms. The maximum Gasteiger partial charge on any atom is 0.306 e. The van der Waals surface area contributed by atoms with E-state index in [-0.39, 0.29) is 12.3 Å². The summed E-state index contributed by atoms with van der Waals surface area (Å²) in [5.74, 6) is -0.426. The number of benzene rings is 1. The molecule has 1 aromatic heterocycles.